The summed E-state index contributed by atoms with van der Waals surface area (Å²) in [4.78, 5) is 4.30. The van der Waals surface area contributed by atoms with Crippen molar-refractivity contribution in [2.75, 3.05) is 19.8 Å². The zero-order valence-electron chi connectivity index (χ0n) is 9.55. The third kappa shape index (κ3) is 2.23. The molecule has 0 aliphatic carbocycles. The highest BCUT2D eigenvalue weighted by atomic mass is 16.5. The van der Waals surface area contributed by atoms with Crippen molar-refractivity contribution in [3.05, 3.63) is 11.7 Å². The first-order chi connectivity index (χ1) is 7.72. The van der Waals surface area contributed by atoms with Gasteiger partial charge in [-0.2, -0.15) is 4.98 Å². The minimum absolute atomic E-state index is 0.00933. The van der Waals surface area contributed by atoms with Gasteiger partial charge in [0.1, 0.15) is 6.10 Å². The van der Waals surface area contributed by atoms with Crippen molar-refractivity contribution in [2.24, 2.45) is 5.73 Å². The fraction of sp³-hybridized carbons (Fsp3) is 0.800. The summed E-state index contributed by atoms with van der Waals surface area (Å²) >= 11 is 0. The number of nitrogens with zero attached hydrogens (tertiary/aromatic N) is 2. The third-order valence-corrected chi connectivity index (χ3v) is 2.68. The van der Waals surface area contributed by atoms with Crippen LogP contribution in [0.2, 0.25) is 0 Å². The number of nitrogens with two attached hydrogens (primary N) is 1. The molecular formula is C10H17N3O3. The van der Waals surface area contributed by atoms with E-state index in [1.54, 1.807) is 0 Å². The first-order valence-corrected chi connectivity index (χ1v) is 5.50. The molecule has 6 nitrogen and oxygen atoms in total. The van der Waals surface area contributed by atoms with Crippen molar-refractivity contribution in [3.8, 4) is 0 Å². The minimum atomic E-state index is -0.152. The molecule has 0 amide bonds. The molecule has 2 heterocycles. The number of hydrogen-bond donors (Lipinski definition) is 1. The van der Waals surface area contributed by atoms with Crippen molar-refractivity contribution in [2.45, 2.75) is 31.9 Å². The number of rotatable bonds is 4. The monoisotopic (exact) mass is 227 g/mol. The molecule has 1 aliphatic heterocycles. The van der Waals surface area contributed by atoms with Crippen LogP contribution >= 0.6 is 0 Å². The first kappa shape index (κ1) is 11.5. The number of hydrogen-bond acceptors (Lipinski definition) is 6. The van der Waals surface area contributed by atoms with Crippen LogP contribution in [0.5, 0.6) is 0 Å². The Balaban J connectivity index is 2.06. The standard InChI is InChI=1S/C10H17N3O3/c1-3-15-6(2)9-12-10(16-13-9)7-4-14-5-8(7)11/h6-8H,3-5,11H2,1-2H3. The van der Waals surface area contributed by atoms with E-state index < -0.39 is 0 Å². The van der Waals surface area contributed by atoms with Gasteiger partial charge >= 0.3 is 0 Å². The molecule has 0 saturated carbocycles. The van der Waals surface area contributed by atoms with Crippen molar-refractivity contribution in [3.63, 3.8) is 0 Å². The predicted octanol–water partition coefficient (Wildman–Crippen LogP) is 0.608. The first-order valence-electron chi connectivity index (χ1n) is 5.50. The Bertz CT molecular complexity index is 342. The molecule has 0 bridgehead atoms. The Kier molecular flexibility index (Phi) is 3.52. The van der Waals surface area contributed by atoms with E-state index in [9.17, 15) is 0 Å². The van der Waals surface area contributed by atoms with Crippen LogP contribution in [0, 0.1) is 0 Å². The summed E-state index contributed by atoms with van der Waals surface area (Å²) in [6.07, 6.45) is -0.152. The second kappa shape index (κ2) is 4.90. The second-order valence-electron chi connectivity index (χ2n) is 3.90. The Morgan fingerprint density at radius 3 is 3.00 bits per heavy atom. The summed E-state index contributed by atoms with van der Waals surface area (Å²) in [5.74, 6) is 1.12. The smallest absolute Gasteiger partial charge is 0.233 e. The molecule has 90 valence electrons. The van der Waals surface area contributed by atoms with Gasteiger partial charge in [0.25, 0.3) is 0 Å². The number of aromatic nitrogens is 2. The largest absolute Gasteiger partial charge is 0.379 e. The van der Waals surface area contributed by atoms with Gasteiger partial charge < -0.3 is 19.7 Å². The lowest BCUT2D eigenvalue weighted by Crippen LogP contribution is -2.27. The van der Waals surface area contributed by atoms with Crippen LogP contribution < -0.4 is 5.73 Å². The molecule has 2 rings (SSSR count). The van der Waals surface area contributed by atoms with Gasteiger partial charge in [-0.3, -0.25) is 0 Å². The van der Waals surface area contributed by atoms with Gasteiger partial charge in [0, 0.05) is 12.6 Å². The Morgan fingerprint density at radius 2 is 2.38 bits per heavy atom. The molecule has 6 heteroatoms. The highest BCUT2D eigenvalue weighted by Gasteiger charge is 2.31. The summed E-state index contributed by atoms with van der Waals surface area (Å²) in [7, 11) is 0. The zero-order valence-corrected chi connectivity index (χ0v) is 9.55. The molecule has 3 atom stereocenters. The third-order valence-electron chi connectivity index (χ3n) is 2.68. The van der Waals surface area contributed by atoms with Gasteiger partial charge in [0.05, 0.1) is 19.1 Å². The summed E-state index contributed by atoms with van der Waals surface area (Å²) in [6, 6.07) is -0.0595. The summed E-state index contributed by atoms with van der Waals surface area (Å²) in [5.41, 5.74) is 5.87. The lowest BCUT2D eigenvalue weighted by Gasteiger charge is -2.07. The molecule has 16 heavy (non-hydrogen) atoms. The zero-order chi connectivity index (χ0) is 11.5. The molecular weight excluding hydrogens is 210 g/mol. The molecule has 1 aromatic rings. The average Bonchev–Trinajstić information content (AvgIpc) is 2.86. The van der Waals surface area contributed by atoms with Gasteiger partial charge in [-0.25, -0.2) is 0 Å². The molecule has 2 N–H and O–H groups in total. The van der Waals surface area contributed by atoms with Crippen molar-refractivity contribution in [1.29, 1.82) is 0 Å². The lowest BCUT2D eigenvalue weighted by molar-refractivity contribution is 0.0683. The molecule has 3 unspecified atom stereocenters. The summed E-state index contributed by atoms with van der Waals surface area (Å²) in [6.45, 7) is 5.54. The van der Waals surface area contributed by atoms with Crippen molar-refractivity contribution < 1.29 is 14.0 Å². The quantitative estimate of drug-likeness (QED) is 0.811. The fourth-order valence-corrected chi connectivity index (χ4v) is 1.71. The van der Waals surface area contributed by atoms with Crippen LogP contribution in [0.4, 0.5) is 0 Å². The van der Waals surface area contributed by atoms with E-state index in [2.05, 4.69) is 10.1 Å². The van der Waals surface area contributed by atoms with Crippen molar-refractivity contribution >= 4 is 0 Å². The maximum Gasteiger partial charge on any atom is 0.233 e. The minimum Gasteiger partial charge on any atom is -0.379 e. The lowest BCUT2D eigenvalue weighted by atomic mass is 10.1. The van der Waals surface area contributed by atoms with Gasteiger partial charge in [0.2, 0.25) is 5.89 Å². The second-order valence-corrected chi connectivity index (χ2v) is 3.90. The maximum absolute atomic E-state index is 5.87. The molecule has 1 aromatic heterocycles. The molecule has 0 aromatic carbocycles. The van der Waals surface area contributed by atoms with E-state index in [1.807, 2.05) is 13.8 Å². The van der Waals surface area contributed by atoms with Crippen LogP contribution in [0.25, 0.3) is 0 Å². The van der Waals surface area contributed by atoms with E-state index >= 15 is 0 Å². The Labute approximate surface area is 94.1 Å². The van der Waals surface area contributed by atoms with Crippen LogP contribution in [-0.2, 0) is 9.47 Å². The van der Waals surface area contributed by atoms with Crippen LogP contribution in [0.3, 0.4) is 0 Å². The summed E-state index contributed by atoms with van der Waals surface area (Å²) < 4.78 is 15.8. The van der Waals surface area contributed by atoms with Crippen LogP contribution in [0.1, 0.15) is 37.6 Å². The molecule has 1 saturated heterocycles. The van der Waals surface area contributed by atoms with E-state index in [0.717, 1.165) is 0 Å². The average molecular weight is 227 g/mol. The molecule has 0 spiro atoms. The van der Waals surface area contributed by atoms with Gasteiger partial charge in [0.15, 0.2) is 5.82 Å². The van der Waals surface area contributed by atoms with E-state index in [-0.39, 0.29) is 18.1 Å². The van der Waals surface area contributed by atoms with Crippen LogP contribution in [0.15, 0.2) is 4.52 Å². The SMILES string of the molecule is CCOC(C)c1noc(C2COCC2N)n1. The van der Waals surface area contributed by atoms with E-state index in [4.69, 9.17) is 19.7 Å². The van der Waals surface area contributed by atoms with Gasteiger partial charge in [-0.1, -0.05) is 5.16 Å². The maximum atomic E-state index is 5.87. The topological polar surface area (TPSA) is 83.4 Å². The summed E-state index contributed by atoms with van der Waals surface area (Å²) in [5, 5.41) is 3.89. The Morgan fingerprint density at radius 1 is 1.56 bits per heavy atom. The van der Waals surface area contributed by atoms with Crippen molar-refractivity contribution in [1.82, 2.24) is 10.1 Å². The van der Waals surface area contributed by atoms with Gasteiger partial charge in [-0.15, -0.1) is 0 Å². The van der Waals surface area contributed by atoms with E-state index in [1.165, 1.54) is 0 Å². The van der Waals surface area contributed by atoms with Crippen LogP contribution in [-0.4, -0.2) is 36.0 Å². The van der Waals surface area contributed by atoms with E-state index in [0.29, 0.717) is 31.5 Å². The number of ether oxygens (including phenoxy) is 2. The highest BCUT2D eigenvalue weighted by Crippen LogP contribution is 2.24. The van der Waals surface area contributed by atoms with Gasteiger partial charge in [-0.05, 0) is 13.8 Å². The Hall–Kier alpha value is -0.980. The molecule has 0 radical (unpaired) electrons. The molecule has 1 fully saturated rings. The fourth-order valence-electron chi connectivity index (χ4n) is 1.71. The molecule has 1 aliphatic rings. The predicted molar refractivity (Wildman–Crippen MR) is 55.9 cm³/mol. The normalized spacial score (nSPS) is 27.2. The highest BCUT2D eigenvalue weighted by molar-refractivity contribution is 5.02.